The minimum Gasteiger partial charge on any atom is -0.204 e. The van der Waals surface area contributed by atoms with E-state index in [4.69, 9.17) is 0 Å². The van der Waals surface area contributed by atoms with E-state index in [2.05, 4.69) is 0 Å². The van der Waals surface area contributed by atoms with Gasteiger partial charge in [-0.25, -0.2) is 57.1 Å². The van der Waals surface area contributed by atoms with E-state index in [0.717, 1.165) is 0 Å². The molecule has 4 aromatic carbocycles. The first kappa shape index (κ1) is 22.7. The van der Waals surface area contributed by atoms with E-state index in [1.165, 1.54) is 0 Å². The predicted octanol–water partition coefficient (Wildman–Crippen LogP) is 7.47. The fraction of sp³-hybridized carbons (Fsp3) is 0. The van der Waals surface area contributed by atoms with Crippen molar-refractivity contribution in [2.75, 3.05) is 0 Å². The molecule has 0 N–H and O–H groups in total. The average molecular weight is 488 g/mol. The van der Waals surface area contributed by atoms with Gasteiger partial charge >= 0.3 is 0 Å². The zero-order chi connectivity index (χ0) is 24.7. The first-order chi connectivity index (χ1) is 15.3. The highest BCUT2D eigenvalue weighted by Gasteiger charge is 2.35. The van der Waals surface area contributed by atoms with Crippen molar-refractivity contribution in [2.45, 2.75) is 0 Å². The SMILES string of the molecule is Fc1cc2c(-c3c(F)c(F)c(F)c4c(F)c(F)c(F)c(F)c34)c(F)c(F)c(F)c2c(F)c1F. The molecule has 0 nitrogen and oxygen atoms in total. The highest BCUT2D eigenvalue weighted by Crippen LogP contribution is 2.45. The van der Waals surface area contributed by atoms with Gasteiger partial charge in [0.1, 0.15) is 0 Å². The Morgan fingerprint density at radius 2 is 0.667 bits per heavy atom. The molecule has 0 atom stereocenters. The lowest BCUT2D eigenvalue weighted by Crippen LogP contribution is -2.09. The van der Waals surface area contributed by atoms with Crippen LogP contribution in [0.2, 0.25) is 0 Å². The minimum atomic E-state index is -2.75. The van der Waals surface area contributed by atoms with E-state index in [1.807, 2.05) is 0 Å². The zero-order valence-electron chi connectivity index (χ0n) is 15.0. The lowest BCUT2D eigenvalue weighted by Gasteiger charge is -2.17. The fourth-order valence-corrected chi connectivity index (χ4v) is 3.42. The number of benzene rings is 4. The largest absolute Gasteiger partial charge is 0.204 e. The van der Waals surface area contributed by atoms with Crippen molar-refractivity contribution in [3.63, 3.8) is 0 Å². The molecular formula is C20HF13. The molecule has 0 aliphatic carbocycles. The Kier molecular flexibility index (Phi) is 4.98. The van der Waals surface area contributed by atoms with Crippen molar-refractivity contribution in [3.8, 4) is 11.1 Å². The Morgan fingerprint density at radius 3 is 1.18 bits per heavy atom. The molecule has 172 valence electrons. The summed E-state index contributed by atoms with van der Waals surface area (Å²) in [6.07, 6.45) is 0. The molecule has 0 amide bonds. The molecule has 0 aliphatic rings. The van der Waals surface area contributed by atoms with Gasteiger partial charge in [-0.05, 0) is 6.07 Å². The van der Waals surface area contributed by atoms with Crippen molar-refractivity contribution >= 4 is 21.5 Å². The molecule has 0 radical (unpaired) electrons. The summed E-state index contributed by atoms with van der Waals surface area (Å²) in [6, 6.07) is -0.241. The predicted molar refractivity (Wildman–Crippen MR) is 86.3 cm³/mol. The molecule has 33 heavy (non-hydrogen) atoms. The van der Waals surface area contributed by atoms with Crippen molar-refractivity contribution in [2.24, 2.45) is 0 Å². The third-order valence-corrected chi connectivity index (χ3v) is 4.85. The summed E-state index contributed by atoms with van der Waals surface area (Å²) in [5, 5.41) is -7.66. The molecule has 13 heteroatoms. The van der Waals surface area contributed by atoms with Crippen LogP contribution in [0, 0.1) is 75.6 Å². The van der Waals surface area contributed by atoms with Crippen LogP contribution in [0.1, 0.15) is 0 Å². The number of halogens is 13. The number of fused-ring (bicyclic) bond motifs is 2. The van der Waals surface area contributed by atoms with E-state index in [1.54, 1.807) is 0 Å². The molecule has 0 heterocycles. The molecule has 4 aromatic rings. The zero-order valence-corrected chi connectivity index (χ0v) is 15.0. The molecule has 0 fully saturated rings. The van der Waals surface area contributed by atoms with Gasteiger partial charge in [0.05, 0.1) is 10.8 Å². The highest BCUT2D eigenvalue weighted by molar-refractivity contribution is 6.07. The van der Waals surface area contributed by atoms with Gasteiger partial charge in [-0.1, -0.05) is 0 Å². The van der Waals surface area contributed by atoms with Crippen molar-refractivity contribution < 1.29 is 57.1 Å². The van der Waals surface area contributed by atoms with Crippen LogP contribution in [0.25, 0.3) is 32.7 Å². The van der Waals surface area contributed by atoms with Gasteiger partial charge < -0.3 is 0 Å². The topological polar surface area (TPSA) is 0 Å². The maximum absolute atomic E-state index is 14.7. The summed E-state index contributed by atoms with van der Waals surface area (Å²) in [4.78, 5) is 0. The summed E-state index contributed by atoms with van der Waals surface area (Å²) < 4.78 is 183. The van der Waals surface area contributed by atoms with Crippen molar-refractivity contribution in [1.82, 2.24) is 0 Å². The number of hydrogen-bond acceptors (Lipinski definition) is 0. The molecule has 0 bridgehead atoms. The van der Waals surface area contributed by atoms with Gasteiger partial charge in [0.15, 0.2) is 75.6 Å². The second-order valence-electron chi connectivity index (χ2n) is 6.55. The Hall–Kier alpha value is -3.51. The molecule has 0 aromatic heterocycles. The van der Waals surface area contributed by atoms with Gasteiger partial charge in [0.25, 0.3) is 0 Å². The van der Waals surface area contributed by atoms with Gasteiger partial charge in [-0.3, -0.25) is 0 Å². The van der Waals surface area contributed by atoms with E-state index in [9.17, 15) is 57.1 Å². The molecular weight excluding hydrogens is 487 g/mol. The van der Waals surface area contributed by atoms with Gasteiger partial charge in [0.2, 0.25) is 0 Å². The monoisotopic (exact) mass is 488 g/mol. The first-order valence-corrected chi connectivity index (χ1v) is 8.28. The Morgan fingerprint density at radius 1 is 0.303 bits per heavy atom. The summed E-state index contributed by atoms with van der Waals surface area (Å²) >= 11 is 0. The lowest BCUT2D eigenvalue weighted by atomic mass is 9.91. The van der Waals surface area contributed by atoms with Crippen LogP contribution in [-0.2, 0) is 0 Å². The van der Waals surface area contributed by atoms with Crippen molar-refractivity contribution in [3.05, 3.63) is 81.7 Å². The van der Waals surface area contributed by atoms with E-state index < -0.39 is 108 Å². The Labute approximate surface area is 172 Å². The quantitative estimate of drug-likeness (QED) is 0.148. The highest BCUT2D eigenvalue weighted by atomic mass is 19.2. The standard InChI is InChI=1S/C20HF13/c21-3-1-2-4(10(23)17(30)12(25)5(2)11(24)9(3)22)6-7-8(15(28)18(31)13(6)26)16(29)20(33)19(32)14(7)27/h1H. The molecule has 0 spiro atoms. The number of hydrogen-bond donors (Lipinski definition) is 0. The third kappa shape index (κ3) is 2.80. The van der Waals surface area contributed by atoms with Crippen LogP contribution in [-0.4, -0.2) is 0 Å². The molecule has 4 rings (SSSR count). The normalized spacial score (nSPS) is 11.8. The molecule has 0 unspecified atom stereocenters. The molecule has 0 saturated heterocycles. The summed E-state index contributed by atoms with van der Waals surface area (Å²) in [6.45, 7) is 0. The maximum atomic E-state index is 14.7. The number of rotatable bonds is 1. The van der Waals surface area contributed by atoms with Gasteiger partial charge in [-0.2, -0.15) is 0 Å². The maximum Gasteiger partial charge on any atom is 0.198 e. The van der Waals surface area contributed by atoms with Crippen molar-refractivity contribution in [1.29, 1.82) is 0 Å². The van der Waals surface area contributed by atoms with Crippen LogP contribution in [0.4, 0.5) is 57.1 Å². The second-order valence-corrected chi connectivity index (χ2v) is 6.55. The van der Waals surface area contributed by atoms with E-state index in [0.29, 0.717) is 0 Å². The van der Waals surface area contributed by atoms with Crippen LogP contribution in [0.15, 0.2) is 6.07 Å². The Balaban J connectivity index is 2.43. The molecule has 0 saturated carbocycles. The summed E-state index contributed by atoms with van der Waals surface area (Å²) in [5.74, 6) is -33.7. The van der Waals surface area contributed by atoms with Crippen LogP contribution in [0.5, 0.6) is 0 Å². The Bertz CT molecular complexity index is 1520. The van der Waals surface area contributed by atoms with E-state index in [-0.39, 0.29) is 6.07 Å². The van der Waals surface area contributed by atoms with Gasteiger partial charge in [0, 0.05) is 21.9 Å². The third-order valence-electron chi connectivity index (χ3n) is 4.85. The van der Waals surface area contributed by atoms with Crippen LogP contribution >= 0.6 is 0 Å². The smallest absolute Gasteiger partial charge is 0.198 e. The van der Waals surface area contributed by atoms with E-state index >= 15 is 0 Å². The van der Waals surface area contributed by atoms with Crippen LogP contribution in [0.3, 0.4) is 0 Å². The minimum absolute atomic E-state index is 0.241. The fourth-order valence-electron chi connectivity index (χ4n) is 3.42. The summed E-state index contributed by atoms with van der Waals surface area (Å²) in [7, 11) is 0. The summed E-state index contributed by atoms with van der Waals surface area (Å²) in [5.41, 5.74) is -4.06. The van der Waals surface area contributed by atoms with Crippen LogP contribution < -0.4 is 0 Å². The van der Waals surface area contributed by atoms with Gasteiger partial charge in [-0.15, -0.1) is 0 Å². The average Bonchev–Trinajstić information content (AvgIpc) is 2.77. The molecule has 0 aliphatic heterocycles. The lowest BCUT2D eigenvalue weighted by molar-refractivity contribution is 0.410. The second kappa shape index (κ2) is 7.25. The first-order valence-electron chi connectivity index (χ1n) is 8.28.